The molecule has 0 spiro atoms. The molecule has 33 heavy (non-hydrogen) atoms. The van der Waals surface area contributed by atoms with Gasteiger partial charge in [0.2, 0.25) is 0 Å². The van der Waals surface area contributed by atoms with Crippen LogP contribution in [0, 0.1) is 17.0 Å². The summed E-state index contributed by atoms with van der Waals surface area (Å²) in [7, 11) is 3.35. The molecule has 2 N–H and O–H groups in total. The third-order valence-corrected chi connectivity index (χ3v) is 5.69. The first-order chi connectivity index (χ1) is 15.7. The molecule has 0 radical (unpaired) electrons. The van der Waals surface area contributed by atoms with Crippen molar-refractivity contribution in [2.24, 2.45) is 0 Å². The average Bonchev–Trinajstić information content (AvgIpc) is 2.79. The fourth-order valence-corrected chi connectivity index (χ4v) is 3.80. The fraction of sp³-hybridized carbons (Fsp3) is 0.318. The molecule has 0 saturated carbocycles. The molecule has 1 amide bonds. The highest BCUT2D eigenvalue weighted by atomic mass is 32.1. The van der Waals surface area contributed by atoms with Crippen molar-refractivity contribution in [2.75, 3.05) is 50.6 Å². The van der Waals surface area contributed by atoms with E-state index in [1.165, 1.54) is 32.2 Å². The Morgan fingerprint density at radius 1 is 1.15 bits per heavy atom. The number of nitrogens with zero attached hydrogens (tertiary/aromatic N) is 3. The number of hydrogen-bond acceptors (Lipinski definition) is 8. The van der Waals surface area contributed by atoms with E-state index >= 15 is 0 Å². The van der Waals surface area contributed by atoms with E-state index in [0.717, 1.165) is 31.9 Å². The number of likely N-dealkylation sites (N-methyl/N-ethyl adjacent to an activating group) is 1. The van der Waals surface area contributed by atoms with Gasteiger partial charge in [0.15, 0.2) is 5.11 Å². The second kappa shape index (κ2) is 10.4. The number of anilines is 2. The van der Waals surface area contributed by atoms with E-state index < -0.39 is 16.8 Å². The first kappa shape index (κ1) is 24.1. The van der Waals surface area contributed by atoms with Crippen molar-refractivity contribution in [3.63, 3.8) is 0 Å². The van der Waals surface area contributed by atoms with Gasteiger partial charge in [0.05, 0.1) is 29.0 Å². The highest BCUT2D eigenvalue weighted by Crippen LogP contribution is 2.29. The molecule has 174 valence electrons. The third-order valence-electron chi connectivity index (χ3n) is 5.48. The minimum Gasteiger partial charge on any atom is -0.465 e. The van der Waals surface area contributed by atoms with Crippen LogP contribution in [-0.4, -0.2) is 67.1 Å². The number of nitrogens with one attached hydrogen (secondary N) is 2. The lowest BCUT2D eigenvalue weighted by molar-refractivity contribution is -0.385. The van der Waals surface area contributed by atoms with E-state index in [0.29, 0.717) is 11.3 Å². The van der Waals surface area contributed by atoms with E-state index in [9.17, 15) is 19.7 Å². The van der Waals surface area contributed by atoms with Crippen LogP contribution in [0.25, 0.3) is 0 Å². The van der Waals surface area contributed by atoms with Crippen molar-refractivity contribution >= 4 is 46.3 Å². The first-order valence-corrected chi connectivity index (χ1v) is 10.6. The lowest BCUT2D eigenvalue weighted by Gasteiger charge is -2.35. The smallest absolute Gasteiger partial charge is 0.337 e. The largest absolute Gasteiger partial charge is 0.465 e. The predicted molar refractivity (Wildman–Crippen MR) is 129 cm³/mol. The number of rotatable bonds is 5. The zero-order valence-electron chi connectivity index (χ0n) is 18.6. The van der Waals surface area contributed by atoms with Crippen LogP contribution < -0.4 is 15.5 Å². The Morgan fingerprint density at radius 2 is 1.85 bits per heavy atom. The molecule has 1 fully saturated rings. The summed E-state index contributed by atoms with van der Waals surface area (Å²) in [5.74, 6) is -1.07. The Balaban J connectivity index is 1.83. The summed E-state index contributed by atoms with van der Waals surface area (Å²) in [6.07, 6.45) is 0. The molecule has 0 aromatic heterocycles. The van der Waals surface area contributed by atoms with Gasteiger partial charge >= 0.3 is 5.97 Å². The topological polar surface area (TPSA) is 117 Å². The molecule has 10 nitrogen and oxygen atoms in total. The van der Waals surface area contributed by atoms with Crippen molar-refractivity contribution in [2.45, 2.75) is 6.92 Å². The number of amides is 1. The van der Waals surface area contributed by atoms with E-state index in [4.69, 9.17) is 17.0 Å². The van der Waals surface area contributed by atoms with Crippen LogP contribution in [0.3, 0.4) is 0 Å². The zero-order valence-corrected chi connectivity index (χ0v) is 19.4. The van der Waals surface area contributed by atoms with Crippen molar-refractivity contribution in [3.05, 3.63) is 63.2 Å². The van der Waals surface area contributed by atoms with Crippen molar-refractivity contribution in [3.8, 4) is 0 Å². The third kappa shape index (κ3) is 5.62. The molecule has 1 saturated heterocycles. The fourth-order valence-electron chi connectivity index (χ4n) is 3.60. The Morgan fingerprint density at radius 3 is 2.48 bits per heavy atom. The second-order valence-electron chi connectivity index (χ2n) is 7.63. The molecule has 1 aliphatic heterocycles. The summed E-state index contributed by atoms with van der Waals surface area (Å²) < 4.78 is 4.82. The number of ether oxygens (including phenoxy) is 1. The molecule has 0 aliphatic carbocycles. The SMILES string of the molecule is COC(=O)c1ccc(N2CCN(C)CC2)c(NC(=S)NC(=O)c2cccc([N+](=O)[O-])c2C)c1. The molecule has 2 aromatic rings. The lowest BCUT2D eigenvalue weighted by Crippen LogP contribution is -2.45. The molecule has 0 unspecified atom stereocenters. The number of methoxy groups -OCH3 is 1. The van der Waals surface area contributed by atoms with Gasteiger partial charge in [0.25, 0.3) is 11.6 Å². The van der Waals surface area contributed by atoms with Gasteiger partial charge in [-0.2, -0.15) is 0 Å². The Hall–Kier alpha value is -3.57. The maximum atomic E-state index is 12.7. The number of carbonyl (C=O) groups is 2. The normalized spacial score (nSPS) is 13.8. The summed E-state index contributed by atoms with van der Waals surface area (Å²) in [4.78, 5) is 39.8. The average molecular weight is 472 g/mol. The van der Waals surface area contributed by atoms with Gasteiger partial charge in [-0.3, -0.25) is 20.2 Å². The van der Waals surface area contributed by atoms with Gasteiger partial charge in [0, 0.05) is 43.4 Å². The lowest BCUT2D eigenvalue weighted by atomic mass is 10.1. The number of esters is 1. The molecule has 1 aliphatic rings. The number of nitro benzene ring substituents is 1. The Bertz CT molecular complexity index is 1100. The highest BCUT2D eigenvalue weighted by Gasteiger charge is 2.21. The van der Waals surface area contributed by atoms with Crippen LogP contribution in [0.4, 0.5) is 17.1 Å². The summed E-state index contributed by atoms with van der Waals surface area (Å²) in [6, 6.07) is 9.39. The molecule has 1 heterocycles. The van der Waals surface area contributed by atoms with Gasteiger partial charge in [-0.05, 0) is 50.5 Å². The van der Waals surface area contributed by atoms with Crippen LogP contribution in [0.2, 0.25) is 0 Å². The number of hydrogen-bond donors (Lipinski definition) is 2. The molecular formula is C22H25N5O5S. The van der Waals surface area contributed by atoms with Gasteiger partial charge < -0.3 is 19.9 Å². The number of carbonyl (C=O) groups excluding carboxylic acids is 2. The Kier molecular flexibility index (Phi) is 7.56. The van der Waals surface area contributed by atoms with Crippen LogP contribution in [-0.2, 0) is 4.74 Å². The van der Waals surface area contributed by atoms with Crippen LogP contribution in [0.1, 0.15) is 26.3 Å². The molecule has 0 bridgehead atoms. The van der Waals surface area contributed by atoms with Crippen molar-refractivity contribution in [1.29, 1.82) is 0 Å². The van der Waals surface area contributed by atoms with Crippen LogP contribution >= 0.6 is 12.2 Å². The number of benzene rings is 2. The predicted octanol–water partition coefficient (Wildman–Crippen LogP) is 2.57. The van der Waals surface area contributed by atoms with Gasteiger partial charge in [-0.25, -0.2) is 4.79 Å². The van der Waals surface area contributed by atoms with E-state index in [1.54, 1.807) is 12.1 Å². The van der Waals surface area contributed by atoms with Crippen molar-refractivity contribution in [1.82, 2.24) is 10.2 Å². The summed E-state index contributed by atoms with van der Waals surface area (Å²) >= 11 is 5.34. The molecule has 2 aromatic carbocycles. The zero-order chi connectivity index (χ0) is 24.1. The monoisotopic (exact) mass is 471 g/mol. The maximum Gasteiger partial charge on any atom is 0.337 e. The summed E-state index contributed by atoms with van der Waals surface area (Å²) in [5, 5.41) is 16.7. The minimum atomic E-state index is -0.570. The number of nitro groups is 1. The minimum absolute atomic E-state index is 0.00306. The first-order valence-electron chi connectivity index (χ1n) is 10.2. The molecular weight excluding hydrogens is 446 g/mol. The standard InChI is InChI=1S/C22H25N5O5S/c1-14-16(5-4-6-18(14)27(30)31)20(28)24-22(33)23-17-13-15(21(29)32-3)7-8-19(17)26-11-9-25(2)10-12-26/h4-8,13H,9-12H2,1-3H3,(H2,23,24,28,33). The second-order valence-corrected chi connectivity index (χ2v) is 8.04. The number of thiocarbonyl (C=S) groups is 1. The molecule has 0 atom stereocenters. The van der Waals surface area contributed by atoms with Gasteiger partial charge in [-0.1, -0.05) is 6.07 Å². The summed E-state index contributed by atoms with van der Waals surface area (Å²) in [5.41, 5.74) is 1.96. The van der Waals surface area contributed by atoms with E-state index in [-0.39, 0.29) is 21.9 Å². The maximum absolute atomic E-state index is 12.7. The van der Waals surface area contributed by atoms with Gasteiger partial charge in [-0.15, -0.1) is 0 Å². The Labute approximate surface area is 196 Å². The van der Waals surface area contributed by atoms with Crippen molar-refractivity contribution < 1.29 is 19.2 Å². The number of piperazine rings is 1. The molecule has 3 rings (SSSR count). The summed E-state index contributed by atoms with van der Waals surface area (Å²) in [6.45, 7) is 4.84. The van der Waals surface area contributed by atoms with Crippen LogP contribution in [0.15, 0.2) is 36.4 Å². The van der Waals surface area contributed by atoms with E-state index in [2.05, 4.69) is 27.5 Å². The van der Waals surface area contributed by atoms with Crippen LogP contribution in [0.5, 0.6) is 0 Å². The van der Waals surface area contributed by atoms with E-state index in [1.807, 2.05) is 6.07 Å². The molecule has 11 heteroatoms. The van der Waals surface area contributed by atoms with Gasteiger partial charge in [0.1, 0.15) is 0 Å². The highest BCUT2D eigenvalue weighted by molar-refractivity contribution is 7.80. The quantitative estimate of drug-likeness (QED) is 0.294.